The molecular weight excluding hydrogens is 206 g/mol. The van der Waals surface area contributed by atoms with E-state index in [1.165, 1.54) is 7.11 Å². The van der Waals surface area contributed by atoms with Crippen molar-refractivity contribution < 1.29 is 9.53 Å². The van der Waals surface area contributed by atoms with Crippen LogP contribution in [0.25, 0.3) is 0 Å². The summed E-state index contributed by atoms with van der Waals surface area (Å²) in [5.41, 5.74) is 2.06. The van der Waals surface area contributed by atoms with Crippen molar-refractivity contribution in [3.8, 4) is 0 Å². The highest BCUT2D eigenvalue weighted by atomic mass is 16.5. The maximum absolute atomic E-state index is 11.5. The fourth-order valence-corrected chi connectivity index (χ4v) is 2.12. The van der Waals surface area contributed by atoms with Gasteiger partial charge in [0.25, 0.3) is 0 Å². The van der Waals surface area contributed by atoms with Gasteiger partial charge >= 0.3 is 5.97 Å². The van der Waals surface area contributed by atoms with Gasteiger partial charge in [-0.05, 0) is 5.92 Å². The third-order valence-corrected chi connectivity index (χ3v) is 2.99. The summed E-state index contributed by atoms with van der Waals surface area (Å²) in [6.07, 6.45) is 2.30. The maximum Gasteiger partial charge on any atom is 0.323 e. The summed E-state index contributed by atoms with van der Waals surface area (Å²) in [6.45, 7) is 4.21. The number of H-pyrrole nitrogens is 1. The molecule has 0 saturated carbocycles. The van der Waals surface area contributed by atoms with Crippen LogP contribution in [0.1, 0.15) is 31.3 Å². The minimum absolute atomic E-state index is 0.110. The number of carbonyl (C=O) groups excluding carboxylic acids is 1. The van der Waals surface area contributed by atoms with Crippen LogP contribution < -0.4 is 5.32 Å². The summed E-state index contributed by atoms with van der Waals surface area (Å²) < 4.78 is 4.77. The number of nitrogens with one attached hydrogen (secondary N) is 2. The quantitative estimate of drug-likeness (QED) is 0.728. The van der Waals surface area contributed by atoms with Gasteiger partial charge in [0, 0.05) is 12.1 Å². The Hall–Kier alpha value is -1.36. The van der Waals surface area contributed by atoms with Gasteiger partial charge < -0.3 is 9.72 Å². The second-order valence-corrected chi connectivity index (χ2v) is 4.43. The first kappa shape index (κ1) is 11.1. The Morgan fingerprint density at radius 1 is 1.62 bits per heavy atom. The Labute approximate surface area is 94.6 Å². The number of fused-ring (bicyclic) bond motifs is 1. The third kappa shape index (κ3) is 1.82. The molecule has 1 aliphatic heterocycles. The molecule has 88 valence electrons. The summed E-state index contributed by atoms with van der Waals surface area (Å²) >= 11 is 0. The number of nitrogens with zero attached hydrogens (tertiary/aromatic N) is 1. The number of aromatic nitrogens is 2. The molecule has 0 fully saturated rings. The summed E-state index contributed by atoms with van der Waals surface area (Å²) in [7, 11) is 1.41. The first-order valence-electron chi connectivity index (χ1n) is 5.49. The summed E-state index contributed by atoms with van der Waals surface area (Å²) in [6, 6.07) is -0.163. The van der Waals surface area contributed by atoms with E-state index < -0.39 is 0 Å². The Kier molecular flexibility index (Phi) is 2.96. The van der Waals surface area contributed by atoms with Crippen molar-refractivity contribution >= 4 is 5.97 Å². The minimum Gasteiger partial charge on any atom is -0.468 e. The minimum atomic E-state index is -0.273. The Balaban J connectivity index is 2.26. The standard InChI is InChI=1S/C11H17N3O2/c1-6(2)9-10-7(12-5-13-10)4-8(14-9)11(15)16-3/h5-6,8-9,14H,4H2,1-3H3,(H,12,13)/t8-,9?/m0/s1. The Morgan fingerprint density at radius 3 is 3.00 bits per heavy atom. The molecule has 5 heteroatoms. The molecule has 5 nitrogen and oxygen atoms in total. The number of aromatic amines is 1. The van der Waals surface area contributed by atoms with Crippen LogP contribution in [0.2, 0.25) is 0 Å². The lowest BCUT2D eigenvalue weighted by molar-refractivity contribution is -0.143. The van der Waals surface area contributed by atoms with Crippen molar-refractivity contribution in [3.05, 3.63) is 17.7 Å². The molecule has 2 rings (SSSR count). The molecule has 1 unspecified atom stereocenters. The van der Waals surface area contributed by atoms with Gasteiger partial charge in [-0.2, -0.15) is 0 Å². The largest absolute Gasteiger partial charge is 0.468 e. The molecule has 1 aliphatic rings. The molecule has 1 aromatic heterocycles. The van der Waals surface area contributed by atoms with Gasteiger partial charge in [0.1, 0.15) is 6.04 Å². The molecule has 0 saturated heterocycles. The van der Waals surface area contributed by atoms with Crippen molar-refractivity contribution in [3.63, 3.8) is 0 Å². The smallest absolute Gasteiger partial charge is 0.323 e. The molecule has 2 atom stereocenters. The van der Waals surface area contributed by atoms with E-state index in [-0.39, 0.29) is 18.1 Å². The molecule has 2 heterocycles. The van der Waals surface area contributed by atoms with Crippen LogP contribution in [0.3, 0.4) is 0 Å². The molecule has 0 radical (unpaired) electrons. The molecule has 0 spiro atoms. The van der Waals surface area contributed by atoms with Crippen LogP contribution in [0.5, 0.6) is 0 Å². The van der Waals surface area contributed by atoms with Crippen LogP contribution in [-0.4, -0.2) is 29.1 Å². The normalized spacial score (nSPS) is 24.2. The van der Waals surface area contributed by atoms with E-state index in [1.807, 2.05) is 0 Å². The molecule has 0 aromatic carbocycles. The zero-order valence-corrected chi connectivity index (χ0v) is 9.78. The Bertz CT molecular complexity index is 386. The molecule has 0 aliphatic carbocycles. The van der Waals surface area contributed by atoms with E-state index in [1.54, 1.807) is 6.33 Å². The lowest BCUT2D eigenvalue weighted by atomic mass is 9.92. The average molecular weight is 223 g/mol. The monoisotopic (exact) mass is 223 g/mol. The van der Waals surface area contributed by atoms with E-state index in [0.717, 1.165) is 11.4 Å². The van der Waals surface area contributed by atoms with Crippen molar-refractivity contribution in [1.82, 2.24) is 15.3 Å². The highest BCUT2D eigenvalue weighted by molar-refractivity contribution is 5.76. The number of rotatable bonds is 2. The van der Waals surface area contributed by atoms with E-state index in [9.17, 15) is 4.79 Å². The molecule has 0 amide bonds. The fraction of sp³-hybridized carbons (Fsp3) is 0.636. The number of hydrogen-bond donors (Lipinski definition) is 2. The Morgan fingerprint density at radius 2 is 2.38 bits per heavy atom. The SMILES string of the molecule is COC(=O)[C@@H]1Cc2[nH]cnc2C(C(C)C)N1. The number of ether oxygens (including phenoxy) is 1. The van der Waals surface area contributed by atoms with Gasteiger partial charge in [-0.15, -0.1) is 0 Å². The van der Waals surface area contributed by atoms with Crippen LogP contribution >= 0.6 is 0 Å². The van der Waals surface area contributed by atoms with E-state index in [0.29, 0.717) is 12.3 Å². The predicted octanol–water partition coefficient (Wildman–Crippen LogP) is 0.794. The van der Waals surface area contributed by atoms with Gasteiger partial charge in [0.2, 0.25) is 0 Å². The van der Waals surface area contributed by atoms with E-state index in [4.69, 9.17) is 4.74 Å². The maximum atomic E-state index is 11.5. The number of imidazole rings is 1. The predicted molar refractivity (Wildman–Crippen MR) is 58.8 cm³/mol. The summed E-state index contributed by atoms with van der Waals surface area (Å²) in [5, 5.41) is 3.29. The van der Waals surface area contributed by atoms with Crippen molar-refractivity contribution in [2.24, 2.45) is 5.92 Å². The molecule has 16 heavy (non-hydrogen) atoms. The third-order valence-electron chi connectivity index (χ3n) is 2.99. The first-order chi connectivity index (χ1) is 7.63. The second-order valence-electron chi connectivity index (χ2n) is 4.43. The number of esters is 1. The number of carbonyl (C=O) groups is 1. The molecule has 2 N–H and O–H groups in total. The number of methoxy groups -OCH3 is 1. The van der Waals surface area contributed by atoms with Crippen molar-refractivity contribution in [1.29, 1.82) is 0 Å². The van der Waals surface area contributed by atoms with Gasteiger partial charge in [0.05, 0.1) is 25.2 Å². The van der Waals surface area contributed by atoms with Crippen LogP contribution in [0.4, 0.5) is 0 Å². The summed E-state index contributed by atoms with van der Waals surface area (Å²) in [4.78, 5) is 18.9. The summed E-state index contributed by atoms with van der Waals surface area (Å²) in [5.74, 6) is 0.167. The number of hydrogen-bond acceptors (Lipinski definition) is 4. The average Bonchev–Trinajstić information content (AvgIpc) is 2.74. The highest BCUT2D eigenvalue weighted by Gasteiger charge is 2.34. The van der Waals surface area contributed by atoms with Crippen molar-refractivity contribution in [2.45, 2.75) is 32.4 Å². The lowest BCUT2D eigenvalue weighted by Gasteiger charge is -2.31. The molecule has 0 bridgehead atoms. The fourth-order valence-electron chi connectivity index (χ4n) is 2.12. The van der Waals surface area contributed by atoms with Gasteiger partial charge in [-0.1, -0.05) is 13.8 Å². The zero-order chi connectivity index (χ0) is 11.7. The lowest BCUT2D eigenvalue weighted by Crippen LogP contribution is -2.46. The zero-order valence-electron chi connectivity index (χ0n) is 9.78. The van der Waals surface area contributed by atoms with E-state index in [2.05, 4.69) is 29.1 Å². The van der Waals surface area contributed by atoms with Crippen LogP contribution in [0.15, 0.2) is 6.33 Å². The molecular formula is C11H17N3O2. The van der Waals surface area contributed by atoms with Crippen LogP contribution in [-0.2, 0) is 16.0 Å². The first-order valence-corrected chi connectivity index (χ1v) is 5.49. The second kappa shape index (κ2) is 4.25. The van der Waals surface area contributed by atoms with Gasteiger partial charge in [-0.3, -0.25) is 10.1 Å². The molecule has 1 aromatic rings. The van der Waals surface area contributed by atoms with Crippen LogP contribution in [0, 0.1) is 5.92 Å². The highest BCUT2D eigenvalue weighted by Crippen LogP contribution is 2.28. The topological polar surface area (TPSA) is 67.0 Å². The van der Waals surface area contributed by atoms with Crippen molar-refractivity contribution in [2.75, 3.05) is 7.11 Å². The van der Waals surface area contributed by atoms with Gasteiger partial charge in [-0.25, -0.2) is 4.98 Å². The van der Waals surface area contributed by atoms with E-state index >= 15 is 0 Å². The van der Waals surface area contributed by atoms with Gasteiger partial charge in [0.15, 0.2) is 0 Å².